The summed E-state index contributed by atoms with van der Waals surface area (Å²) in [6.07, 6.45) is 3.99. The largest absolute Gasteiger partial charge is 0.353 e. The number of piperazine rings is 1. The molecule has 1 unspecified atom stereocenters. The van der Waals surface area contributed by atoms with E-state index in [0.717, 1.165) is 48.8 Å². The zero-order chi connectivity index (χ0) is 27.9. The highest BCUT2D eigenvalue weighted by atomic mass is 19.3. The van der Waals surface area contributed by atoms with Crippen LogP contribution in [0.3, 0.4) is 0 Å². The highest BCUT2D eigenvalue weighted by Gasteiger charge is 2.47. The second-order valence-electron chi connectivity index (χ2n) is 11.2. The van der Waals surface area contributed by atoms with Gasteiger partial charge in [0.05, 0.1) is 6.54 Å². The number of likely N-dealkylation sites (N-methyl/N-ethyl adjacent to an activating group) is 1. The Bertz CT molecular complexity index is 1440. The molecule has 6 rings (SSSR count). The summed E-state index contributed by atoms with van der Waals surface area (Å²) in [7, 11) is 2.05. The molecular weight excluding hydrogens is 510 g/mol. The highest BCUT2D eigenvalue weighted by Crippen LogP contribution is 2.50. The number of halogens is 2. The van der Waals surface area contributed by atoms with Crippen molar-refractivity contribution in [3.63, 3.8) is 0 Å². The first kappa shape index (κ1) is 26.5. The summed E-state index contributed by atoms with van der Waals surface area (Å²) in [6.45, 7) is 5.72. The summed E-state index contributed by atoms with van der Waals surface area (Å²) < 4.78 is 30.2. The summed E-state index contributed by atoms with van der Waals surface area (Å²) in [5, 5.41) is 9.29. The molecule has 3 N–H and O–H groups in total. The van der Waals surface area contributed by atoms with Gasteiger partial charge in [-0.1, -0.05) is 24.0 Å². The average Bonchev–Trinajstić information content (AvgIpc) is 3.72. The number of benzene rings is 2. The molecule has 2 fully saturated rings. The SMILES string of the molecule is Cc1ccc(C(=O)Nc2ccc3c(c2)C(F)(F)CC3N2CCN(C)CC2)cc1C#CC1=CNC(NC2CC2)=NC1. The molecular formula is C31H34F2N6O. The zero-order valence-corrected chi connectivity index (χ0v) is 22.9. The van der Waals surface area contributed by atoms with Crippen molar-refractivity contribution in [3.05, 3.63) is 76.0 Å². The number of guanidine groups is 1. The first-order valence-electron chi connectivity index (χ1n) is 13.9. The van der Waals surface area contributed by atoms with E-state index in [2.05, 4.69) is 49.6 Å². The van der Waals surface area contributed by atoms with Crippen LogP contribution in [0.2, 0.25) is 0 Å². The minimum Gasteiger partial charge on any atom is -0.353 e. The summed E-state index contributed by atoms with van der Waals surface area (Å²) >= 11 is 0. The Balaban J connectivity index is 1.14. The van der Waals surface area contributed by atoms with Gasteiger partial charge in [-0.05, 0) is 62.2 Å². The molecule has 9 heteroatoms. The van der Waals surface area contributed by atoms with E-state index >= 15 is 8.78 Å². The van der Waals surface area contributed by atoms with E-state index in [1.165, 1.54) is 18.9 Å². The third kappa shape index (κ3) is 5.74. The molecule has 7 nitrogen and oxygen atoms in total. The van der Waals surface area contributed by atoms with Crippen molar-refractivity contribution in [3.8, 4) is 11.8 Å². The Kier molecular flexibility index (Phi) is 7.07. The van der Waals surface area contributed by atoms with E-state index in [1.807, 2.05) is 19.2 Å². The number of anilines is 1. The van der Waals surface area contributed by atoms with E-state index in [1.54, 1.807) is 24.3 Å². The molecule has 2 aliphatic heterocycles. The predicted octanol–water partition coefficient (Wildman–Crippen LogP) is 3.98. The van der Waals surface area contributed by atoms with Crippen LogP contribution in [0.1, 0.15) is 57.9 Å². The lowest BCUT2D eigenvalue weighted by Gasteiger charge is -2.36. The molecule has 208 valence electrons. The number of amides is 1. The molecule has 1 amide bonds. The lowest BCUT2D eigenvalue weighted by Crippen LogP contribution is -2.45. The lowest BCUT2D eigenvalue weighted by atomic mass is 10.0. The van der Waals surface area contributed by atoms with Crippen molar-refractivity contribution in [2.75, 3.05) is 45.1 Å². The number of hydrogen-bond donors (Lipinski definition) is 3. The number of aryl methyl sites for hydroxylation is 1. The second-order valence-corrected chi connectivity index (χ2v) is 11.2. The molecule has 1 saturated heterocycles. The zero-order valence-electron chi connectivity index (χ0n) is 22.9. The van der Waals surface area contributed by atoms with Gasteiger partial charge in [0, 0.05) is 78.8 Å². The number of fused-ring (bicyclic) bond motifs is 1. The molecule has 2 aromatic rings. The maximum Gasteiger partial charge on any atom is 0.275 e. The Morgan fingerprint density at radius 3 is 2.62 bits per heavy atom. The van der Waals surface area contributed by atoms with E-state index in [0.29, 0.717) is 29.4 Å². The fourth-order valence-electron chi connectivity index (χ4n) is 5.41. The van der Waals surface area contributed by atoms with Gasteiger partial charge in [0.1, 0.15) is 0 Å². The summed E-state index contributed by atoms with van der Waals surface area (Å²) in [5.41, 5.74) is 3.98. The van der Waals surface area contributed by atoms with Gasteiger partial charge in [0.25, 0.3) is 11.8 Å². The van der Waals surface area contributed by atoms with Crippen LogP contribution >= 0.6 is 0 Å². The van der Waals surface area contributed by atoms with Crippen LogP contribution in [-0.2, 0) is 5.92 Å². The molecule has 0 bridgehead atoms. The van der Waals surface area contributed by atoms with Gasteiger partial charge < -0.3 is 20.9 Å². The van der Waals surface area contributed by atoms with Gasteiger partial charge in [-0.15, -0.1) is 0 Å². The van der Waals surface area contributed by atoms with Crippen molar-refractivity contribution in [2.24, 2.45) is 4.99 Å². The van der Waals surface area contributed by atoms with Gasteiger partial charge in [-0.2, -0.15) is 0 Å². The summed E-state index contributed by atoms with van der Waals surface area (Å²) in [6, 6.07) is 10.4. The molecule has 2 aromatic carbocycles. The quantitative estimate of drug-likeness (QED) is 0.508. The Morgan fingerprint density at radius 1 is 1.10 bits per heavy atom. The number of carbonyl (C=O) groups excluding carboxylic acids is 1. The molecule has 40 heavy (non-hydrogen) atoms. The average molecular weight is 545 g/mol. The number of nitrogens with one attached hydrogen (secondary N) is 3. The van der Waals surface area contributed by atoms with E-state index < -0.39 is 5.92 Å². The monoisotopic (exact) mass is 544 g/mol. The molecule has 2 aliphatic carbocycles. The normalized spacial score (nSPS) is 22.2. The third-order valence-electron chi connectivity index (χ3n) is 8.06. The standard InChI is InChI=1S/C31H34F2N6O/c1-20-3-5-23(15-22(20)6-4-21-18-34-30(35-19-21)37-24-7-8-24)29(40)36-25-9-10-26-27(16-25)31(32,33)17-28(26)39-13-11-38(2)12-14-39/h3,5,9-10,15-16,18,24,28H,7-8,11-14,17,19H2,1-2H3,(H,36,40)(H2,34,35,37). The molecule has 0 radical (unpaired) electrons. The van der Waals surface area contributed by atoms with Crippen molar-refractivity contribution in [1.29, 1.82) is 0 Å². The van der Waals surface area contributed by atoms with Gasteiger partial charge in [0.2, 0.25) is 0 Å². The molecule has 4 aliphatic rings. The second kappa shape index (κ2) is 10.7. The van der Waals surface area contributed by atoms with E-state index in [9.17, 15) is 4.79 Å². The topological polar surface area (TPSA) is 72.0 Å². The van der Waals surface area contributed by atoms with Gasteiger partial charge in [-0.3, -0.25) is 9.69 Å². The van der Waals surface area contributed by atoms with Crippen LogP contribution in [0, 0.1) is 18.8 Å². The molecule has 1 atom stereocenters. The van der Waals surface area contributed by atoms with Crippen LogP contribution in [0.4, 0.5) is 14.5 Å². The molecule has 1 saturated carbocycles. The van der Waals surface area contributed by atoms with Crippen LogP contribution < -0.4 is 16.0 Å². The summed E-state index contributed by atoms with van der Waals surface area (Å²) in [5.74, 6) is 3.79. The van der Waals surface area contributed by atoms with Crippen molar-refractivity contribution in [2.45, 2.75) is 44.2 Å². The fourth-order valence-corrected chi connectivity index (χ4v) is 5.41. The number of aliphatic imine (C=N–C) groups is 1. The number of rotatable bonds is 4. The maximum absolute atomic E-state index is 15.1. The molecule has 2 heterocycles. The van der Waals surface area contributed by atoms with Gasteiger partial charge in [0.15, 0.2) is 5.96 Å². The smallest absolute Gasteiger partial charge is 0.275 e. The first-order chi connectivity index (χ1) is 19.2. The van der Waals surface area contributed by atoms with E-state index in [4.69, 9.17) is 0 Å². The third-order valence-corrected chi connectivity index (χ3v) is 8.06. The van der Waals surface area contributed by atoms with Gasteiger partial charge in [-0.25, -0.2) is 13.8 Å². The van der Waals surface area contributed by atoms with Crippen molar-refractivity contribution < 1.29 is 13.6 Å². The van der Waals surface area contributed by atoms with Crippen molar-refractivity contribution in [1.82, 2.24) is 20.4 Å². The van der Waals surface area contributed by atoms with E-state index in [-0.39, 0.29) is 23.9 Å². The fraction of sp³-hybridized carbons (Fsp3) is 0.419. The van der Waals surface area contributed by atoms with Crippen LogP contribution in [0.25, 0.3) is 0 Å². The predicted molar refractivity (Wildman–Crippen MR) is 152 cm³/mol. The number of hydrogen-bond acceptors (Lipinski definition) is 6. The minimum atomic E-state index is -2.93. The number of nitrogens with zero attached hydrogens (tertiary/aromatic N) is 3. The Morgan fingerprint density at radius 2 is 1.90 bits per heavy atom. The summed E-state index contributed by atoms with van der Waals surface area (Å²) in [4.78, 5) is 22.0. The lowest BCUT2D eigenvalue weighted by molar-refractivity contribution is -0.0257. The molecule has 0 aromatic heterocycles. The maximum atomic E-state index is 15.1. The van der Waals surface area contributed by atoms with Crippen molar-refractivity contribution >= 4 is 17.6 Å². The van der Waals surface area contributed by atoms with Crippen LogP contribution in [0.15, 0.2) is 53.2 Å². The first-order valence-corrected chi connectivity index (χ1v) is 13.9. The number of carbonyl (C=O) groups is 1. The highest BCUT2D eigenvalue weighted by molar-refractivity contribution is 6.04. The Hall–Kier alpha value is -3.74. The van der Waals surface area contributed by atoms with Crippen LogP contribution in [-0.4, -0.2) is 67.5 Å². The Labute approximate surface area is 233 Å². The molecule has 0 spiro atoms. The van der Waals surface area contributed by atoms with Gasteiger partial charge >= 0.3 is 0 Å². The van der Waals surface area contributed by atoms with Crippen LogP contribution in [0.5, 0.6) is 0 Å². The minimum absolute atomic E-state index is 0.0113. The number of alkyl halides is 2.